The van der Waals surface area contributed by atoms with Crippen LogP contribution in [0.5, 0.6) is 0 Å². The van der Waals surface area contributed by atoms with Crippen LogP contribution in [0.3, 0.4) is 0 Å². The van der Waals surface area contributed by atoms with Crippen LogP contribution in [0.2, 0.25) is 0 Å². The Kier molecular flexibility index (Phi) is 3.96. The van der Waals surface area contributed by atoms with E-state index in [2.05, 4.69) is 10.4 Å². The lowest BCUT2D eigenvalue weighted by molar-refractivity contribution is 0.0905. The first-order valence-corrected chi connectivity index (χ1v) is 6.16. The van der Waals surface area contributed by atoms with Crippen LogP contribution in [0, 0.1) is 6.92 Å². The zero-order chi connectivity index (χ0) is 11.4. The lowest BCUT2D eigenvalue weighted by Gasteiger charge is -2.28. The van der Waals surface area contributed by atoms with Gasteiger partial charge in [-0.15, -0.1) is 0 Å². The van der Waals surface area contributed by atoms with Gasteiger partial charge in [0, 0.05) is 18.8 Å². The molecule has 0 aliphatic heterocycles. The SMILES string of the molecule is Cc1cnn(CCN[C@@H]2CCCC[C@H]2O)c1. The molecule has 16 heavy (non-hydrogen) atoms. The largest absolute Gasteiger partial charge is 0.392 e. The Morgan fingerprint density at radius 2 is 2.31 bits per heavy atom. The molecule has 1 saturated carbocycles. The second kappa shape index (κ2) is 5.46. The zero-order valence-corrected chi connectivity index (χ0v) is 9.89. The zero-order valence-electron chi connectivity index (χ0n) is 9.89. The Labute approximate surface area is 96.7 Å². The highest BCUT2D eigenvalue weighted by molar-refractivity contribution is 4.99. The molecule has 2 rings (SSSR count). The molecule has 0 spiro atoms. The van der Waals surface area contributed by atoms with Crippen molar-refractivity contribution in [1.82, 2.24) is 15.1 Å². The van der Waals surface area contributed by atoms with Gasteiger partial charge in [0.1, 0.15) is 0 Å². The molecule has 0 unspecified atom stereocenters. The van der Waals surface area contributed by atoms with Crippen molar-refractivity contribution in [3.63, 3.8) is 0 Å². The van der Waals surface area contributed by atoms with Gasteiger partial charge in [-0.3, -0.25) is 4.68 Å². The van der Waals surface area contributed by atoms with Gasteiger partial charge in [-0.2, -0.15) is 5.10 Å². The van der Waals surface area contributed by atoms with Crippen molar-refractivity contribution in [2.75, 3.05) is 6.54 Å². The molecule has 2 atom stereocenters. The number of nitrogens with zero attached hydrogens (tertiary/aromatic N) is 2. The molecule has 4 nitrogen and oxygen atoms in total. The molecule has 1 heterocycles. The molecule has 0 bridgehead atoms. The van der Waals surface area contributed by atoms with Crippen molar-refractivity contribution < 1.29 is 5.11 Å². The van der Waals surface area contributed by atoms with E-state index in [0.717, 1.165) is 32.4 Å². The molecular formula is C12H21N3O. The van der Waals surface area contributed by atoms with Gasteiger partial charge in [0.05, 0.1) is 18.8 Å². The summed E-state index contributed by atoms with van der Waals surface area (Å²) in [5, 5.41) is 17.4. The first-order valence-electron chi connectivity index (χ1n) is 6.16. The fourth-order valence-corrected chi connectivity index (χ4v) is 2.30. The molecule has 1 aliphatic rings. The maximum absolute atomic E-state index is 9.79. The first-order chi connectivity index (χ1) is 7.75. The molecule has 0 amide bonds. The number of nitrogens with one attached hydrogen (secondary N) is 1. The average Bonchev–Trinajstić information content (AvgIpc) is 2.67. The fraction of sp³-hybridized carbons (Fsp3) is 0.750. The van der Waals surface area contributed by atoms with Gasteiger partial charge in [-0.1, -0.05) is 12.8 Å². The Morgan fingerprint density at radius 1 is 1.50 bits per heavy atom. The second-order valence-corrected chi connectivity index (χ2v) is 4.69. The molecule has 4 heteroatoms. The molecule has 0 radical (unpaired) electrons. The summed E-state index contributed by atoms with van der Waals surface area (Å²) in [6, 6.07) is 0.283. The molecule has 1 fully saturated rings. The average molecular weight is 223 g/mol. The van der Waals surface area contributed by atoms with E-state index in [1.807, 2.05) is 24.0 Å². The van der Waals surface area contributed by atoms with Crippen molar-refractivity contribution >= 4 is 0 Å². The van der Waals surface area contributed by atoms with Gasteiger partial charge in [0.25, 0.3) is 0 Å². The number of aromatic nitrogens is 2. The smallest absolute Gasteiger partial charge is 0.0693 e. The molecular weight excluding hydrogens is 202 g/mol. The lowest BCUT2D eigenvalue weighted by atomic mass is 9.93. The third-order valence-corrected chi connectivity index (χ3v) is 3.24. The third-order valence-electron chi connectivity index (χ3n) is 3.24. The minimum absolute atomic E-state index is 0.159. The van der Waals surface area contributed by atoms with Crippen LogP contribution in [0.1, 0.15) is 31.2 Å². The first kappa shape index (κ1) is 11.6. The van der Waals surface area contributed by atoms with Crippen LogP contribution in [0.15, 0.2) is 12.4 Å². The van der Waals surface area contributed by atoms with Gasteiger partial charge in [0.15, 0.2) is 0 Å². The van der Waals surface area contributed by atoms with Gasteiger partial charge in [0.2, 0.25) is 0 Å². The standard InChI is InChI=1S/C12H21N3O/c1-10-8-14-15(9-10)7-6-13-11-4-2-3-5-12(11)16/h8-9,11-13,16H,2-7H2,1H3/t11-,12-/m1/s1. The maximum Gasteiger partial charge on any atom is 0.0693 e. The van der Waals surface area contributed by atoms with Gasteiger partial charge >= 0.3 is 0 Å². The topological polar surface area (TPSA) is 50.1 Å². The summed E-state index contributed by atoms with van der Waals surface area (Å²) < 4.78 is 1.94. The summed E-state index contributed by atoms with van der Waals surface area (Å²) in [5.41, 5.74) is 1.19. The second-order valence-electron chi connectivity index (χ2n) is 4.69. The number of rotatable bonds is 4. The van der Waals surface area contributed by atoms with E-state index in [4.69, 9.17) is 0 Å². The summed E-state index contributed by atoms with van der Waals surface area (Å²) >= 11 is 0. The molecule has 0 aromatic carbocycles. The summed E-state index contributed by atoms with van der Waals surface area (Å²) in [5.74, 6) is 0. The summed E-state index contributed by atoms with van der Waals surface area (Å²) in [6.07, 6.45) is 8.19. The molecule has 1 aliphatic carbocycles. The van der Waals surface area contributed by atoms with Crippen molar-refractivity contribution in [3.05, 3.63) is 18.0 Å². The monoisotopic (exact) mass is 223 g/mol. The molecule has 1 aromatic heterocycles. The van der Waals surface area contributed by atoms with Crippen molar-refractivity contribution in [2.24, 2.45) is 0 Å². The van der Waals surface area contributed by atoms with Crippen LogP contribution in [0.25, 0.3) is 0 Å². The third kappa shape index (κ3) is 3.06. The highest BCUT2D eigenvalue weighted by atomic mass is 16.3. The van der Waals surface area contributed by atoms with E-state index < -0.39 is 0 Å². The number of aliphatic hydroxyl groups excluding tert-OH is 1. The van der Waals surface area contributed by atoms with Crippen molar-refractivity contribution in [2.45, 2.75) is 51.3 Å². The van der Waals surface area contributed by atoms with E-state index in [1.54, 1.807) is 0 Å². The Bertz CT molecular complexity index is 324. The molecule has 90 valence electrons. The molecule has 1 aromatic rings. The summed E-state index contributed by atoms with van der Waals surface area (Å²) in [6.45, 7) is 3.79. The minimum atomic E-state index is -0.159. The van der Waals surface area contributed by atoms with E-state index in [1.165, 1.54) is 12.0 Å². The number of hydrogen-bond acceptors (Lipinski definition) is 3. The number of hydrogen-bond donors (Lipinski definition) is 2. The Balaban J connectivity index is 1.71. The Hall–Kier alpha value is -0.870. The quantitative estimate of drug-likeness (QED) is 0.803. The molecule has 2 N–H and O–H groups in total. The summed E-state index contributed by atoms with van der Waals surface area (Å²) in [7, 11) is 0. The van der Waals surface area contributed by atoms with Gasteiger partial charge < -0.3 is 10.4 Å². The van der Waals surface area contributed by atoms with E-state index >= 15 is 0 Å². The lowest BCUT2D eigenvalue weighted by Crippen LogP contribution is -2.43. The van der Waals surface area contributed by atoms with Crippen molar-refractivity contribution in [1.29, 1.82) is 0 Å². The highest BCUT2D eigenvalue weighted by Crippen LogP contribution is 2.17. The fourth-order valence-electron chi connectivity index (χ4n) is 2.30. The minimum Gasteiger partial charge on any atom is -0.392 e. The number of aliphatic hydroxyl groups is 1. The van der Waals surface area contributed by atoms with Crippen LogP contribution in [-0.2, 0) is 6.54 Å². The highest BCUT2D eigenvalue weighted by Gasteiger charge is 2.21. The van der Waals surface area contributed by atoms with Crippen LogP contribution >= 0.6 is 0 Å². The van der Waals surface area contributed by atoms with Crippen LogP contribution in [-0.4, -0.2) is 33.6 Å². The Morgan fingerprint density at radius 3 is 3.00 bits per heavy atom. The normalized spacial score (nSPS) is 25.9. The maximum atomic E-state index is 9.79. The van der Waals surface area contributed by atoms with E-state index in [-0.39, 0.29) is 12.1 Å². The summed E-state index contributed by atoms with van der Waals surface area (Å²) in [4.78, 5) is 0. The van der Waals surface area contributed by atoms with E-state index in [0.29, 0.717) is 0 Å². The van der Waals surface area contributed by atoms with Gasteiger partial charge in [-0.05, 0) is 25.3 Å². The number of aryl methyl sites for hydroxylation is 1. The predicted octanol–water partition coefficient (Wildman–Crippen LogP) is 1.08. The van der Waals surface area contributed by atoms with Crippen LogP contribution in [0.4, 0.5) is 0 Å². The predicted molar refractivity (Wildman–Crippen MR) is 63.2 cm³/mol. The van der Waals surface area contributed by atoms with Crippen molar-refractivity contribution in [3.8, 4) is 0 Å². The van der Waals surface area contributed by atoms with Gasteiger partial charge in [-0.25, -0.2) is 0 Å². The van der Waals surface area contributed by atoms with Crippen LogP contribution < -0.4 is 5.32 Å². The van der Waals surface area contributed by atoms with E-state index in [9.17, 15) is 5.11 Å². The molecule has 0 saturated heterocycles.